The van der Waals surface area contributed by atoms with Crippen LogP contribution in [0.3, 0.4) is 0 Å². The standard InChI is InChI=1S/C20H27N3O2/c1-11(2)14-7-17-16(6-15(14)12(3)20(5)9-21-10-20)23-13(4)19(24)22-18(23)8-25-17/h6-7,11-13,21H,8-10H2,1-5H3/t12-,13-/m1/s1. The first kappa shape index (κ1) is 16.6. The van der Waals surface area contributed by atoms with E-state index in [9.17, 15) is 4.79 Å². The summed E-state index contributed by atoms with van der Waals surface area (Å²) in [7, 11) is 0. The molecule has 3 aliphatic rings. The lowest BCUT2D eigenvalue weighted by molar-refractivity contribution is -0.117. The average molecular weight is 341 g/mol. The number of rotatable bonds is 3. The van der Waals surface area contributed by atoms with E-state index < -0.39 is 0 Å². The molecule has 0 bridgehead atoms. The van der Waals surface area contributed by atoms with Crippen LogP contribution in [0.4, 0.5) is 5.69 Å². The quantitative estimate of drug-likeness (QED) is 0.918. The lowest BCUT2D eigenvalue weighted by Crippen LogP contribution is -2.54. The number of anilines is 1. The molecular weight excluding hydrogens is 314 g/mol. The third-order valence-corrected chi connectivity index (χ3v) is 6.23. The molecule has 1 amide bonds. The van der Waals surface area contributed by atoms with Gasteiger partial charge in [-0.1, -0.05) is 27.7 Å². The van der Waals surface area contributed by atoms with Crippen molar-refractivity contribution in [3.05, 3.63) is 23.3 Å². The molecule has 0 radical (unpaired) electrons. The fraction of sp³-hybridized carbons (Fsp3) is 0.600. The van der Waals surface area contributed by atoms with Gasteiger partial charge in [0.1, 0.15) is 18.4 Å². The number of hydrogen-bond donors (Lipinski definition) is 1. The smallest absolute Gasteiger partial charge is 0.270 e. The SMILES string of the molecule is CC(C)c1cc2c(cc1[C@@H](C)C1(C)CNC1)N1C(=NC(=O)[C@H]1C)CO2. The molecule has 25 heavy (non-hydrogen) atoms. The van der Waals surface area contributed by atoms with Crippen molar-refractivity contribution in [2.24, 2.45) is 10.4 Å². The van der Waals surface area contributed by atoms with Crippen LogP contribution in [0.1, 0.15) is 57.6 Å². The number of ether oxygens (including phenoxy) is 1. The van der Waals surface area contributed by atoms with Crippen LogP contribution in [0.25, 0.3) is 0 Å². The average Bonchev–Trinajstić information content (AvgIpc) is 2.85. The van der Waals surface area contributed by atoms with Crippen LogP contribution in [0.15, 0.2) is 17.1 Å². The van der Waals surface area contributed by atoms with Crippen LogP contribution in [0.2, 0.25) is 0 Å². The maximum atomic E-state index is 12.1. The summed E-state index contributed by atoms with van der Waals surface area (Å²) in [5.74, 6) is 2.39. The number of benzene rings is 1. The Bertz CT molecular complexity index is 764. The highest BCUT2D eigenvalue weighted by Gasteiger charge is 2.41. The highest BCUT2D eigenvalue weighted by molar-refractivity contribution is 6.16. The van der Waals surface area contributed by atoms with E-state index in [1.807, 2.05) is 6.92 Å². The molecular formula is C20H27N3O2. The van der Waals surface area contributed by atoms with E-state index in [1.54, 1.807) is 0 Å². The minimum atomic E-state index is -0.244. The van der Waals surface area contributed by atoms with Crippen LogP contribution < -0.4 is 15.0 Å². The molecule has 1 N–H and O–H groups in total. The fourth-order valence-corrected chi connectivity index (χ4v) is 4.18. The van der Waals surface area contributed by atoms with Crippen molar-refractivity contribution in [3.63, 3.8) is 0 Å². The van der Waals surface area contributed by atoms with E-state index in [1.165, 1.54) is 11.1 Å². The van der Waals surface area contributed by atoms with E-state index in [-0.39, 0.29) is 17.4 Å². The second-order valence-electron chi connectivity index (χ2n) is 8.28. The van der Waals surface area contributed by atoms with Gasteiger partial charge >= 0.3 is 0 Å². The lowest BCUT2D eigenvalue weighted by Gasteiger charge is -2.45. The summed E-state index contributed by atoms with van der Waals surface area (Å²) in [5, 5.41) is 3.41. The predicted octanol–water partition coefficient (Wildman–Crippen LogP) is 3.05. The molecule has 1 fully saturated rings. The largest absolute Gasteiger partial charge is 0.483 e. The van der Waals surface area contributed by atoms with Crippen LogP contribution >= 0.6 is 0 Å². The van der Waals surface area contributed by atoms with Gasteiger partial charge in [0, 0.05) is 13.1 Å². The Balaban J connectivity index is 1.83. The molecule has 0 aromatic heterocycles. The molecule has 4 rings (SSSR count). The van der Waals surface area contributed by atoms with Crippen molar-refractivity contribution in [2.75, 3.05) is 24.6 Å². The first-order valence-corrected chi connectivity index (χ1v) is 9.24. The minimum Gasteiger partial charge on any atom is -0.483 e. The Morgan fingerprint density at radius 1 is 1.28 bits per heavy atom. The van der Waals surface area contributed by atoms with E-state index in [2.05, 4.69) is 55.0 Å². The Hall–Kier alpha value is -1.88. The maximum absolute atomic E-state index is 12.1. The highest BCUT2D eigenvalue weighted by Crippen LogP contribution is 2.46. The predicted molar refractivity (Wildman–Crippen MR) is 99.8 cm³/mol. The van der Waals surface area contributed by atoms with Gasteiger partial charge in [0.2, 0.25) is 0 Å². The number of carbonyl (C=O) groups excluding carboxylic acids is 1. The Morgan fingerprint density at radius 3 is 2.60 bits per heavy atom. The minimum absolute atomic E-state index is 0.0795. The van der Waals surface area contributed by atoms with E-state index >= 15 is 0 Å². The number of amides is 1. The first-order chi connectivity index (χ1) is 11.8. The van der Waals surface area contributed by atoms with Gasteiger partial charge in [-0.3, -0.25) is 4.79 Å². The summed E-state index contributed by atoms with van der Waals surface area (Å²) in [6.07, 6.45) is 0. The van der Waals surface area contributed by atoms with Gasteiger partial charge < -0.3 is 15.0 Å². The van der Waals surface area contributed by atoms with E-state index in [0.717, 1.165) is 30.4 Å². The molecule has 1 aromatic carbocycles. The van der Waals surface area contributed by atoms with Crippen molar-refractivity contribution < 1.29 is 9.53 Å². The first-order valence-electron chi connectivity index (χ1n) is 9.24. The molecule has 1 saturated heterocycles. The van der Waals surface area contributed by atoms with Crippen molar-refractivity contribution in [1.29, 1.82) is 0 Å². The molecule has 5 nitrogen and oxygen atoms in total. The van der Waals surface area contributed by atoms with Gasteiger partial charge in [-0.15, -0.1) is 0 Å². The summed E-state index contributed by atoms with van der Waals surface area (Å²) in [6, 6.07) is 4.20. The second-order valence-corrected chi connectivity index (χ2v) is 8.28. The Kier molecular flexibility index (Phi) is 3.69. The maximum Gasteiger partial charge on any atom is 0.270 e. The van der Waals surface area contributed by atoms with Crippen molar-refractivity contribution >= 4 is 17.4 Å². The molecule has 0 saturated carbocycles. The second kappa shape index (κ2) is 5.56. The molecule has 1 aromatic rings. The van der Waals surface area contributed by atoms with Gasteiger partial charge in [-0.25, -0.2) is 0 Å². The number of nitrogens with one attached hydrogen (secondary N) is 1. The van der Waals surface area contributed by atoms with Gasteiger partial charge in [-0.05, 0) is 47.4 Å². The molecule has 0 spiro atoms. The normalized spacial score (nSPS) is 25.0. The third kappa shape index (κ3) is 2.40. The molecule has 2 atom stereocenters. The number of amidine groups is 1. The van der Waals surface area contributed by atoms with Crippen molar-refractivity contribution in [2.45, 2.75) is 52.5 Å². The summed E-state index contributed by atoms with van der Waals surface area (Å²) < 4.78 is 5.95. The van der Waals surface area contributed by atoms with Crippen LogP contribution in [0.5, 0.6) is 5.75 Å². The van der Waals surface area contributed by atoms with Crippen LogP contribution in [0, 0.1) is 5.41 Å². The fourth-order valence-electron chi connectivity index (χ4n) is 4.18. The number of nitrogens with zero attached hydrogens (tertiary/aromatic N) is 2. The lowest BCUT2D eigenvalue weighted by atomic mass is 9.68. The van der Waals surface area contributed by atoms with Gasteiger partial charge in [0.15, 0.2) is 5.84 Å². The zero-order chi connectivity index (χ0) is 17.9. The summed E-state index contributed by atoms with van der Waals surface area (Å²) >= 11 is 0. The molecule has 3 aliphatic heterocycles. The molecule has 3 heterocycles. The summed E-state index contributed by atoms with van der Waals surface area (Å²) in [6.45, 7) is 13.5. The third-order valence-electron chi connectivity index (χ3n) is 6.23. The van der Waals surface area contributed by atoms with Crippen molar-refractivity contribution in [1.82, 2.24) is 5.32 Å². The van der Waals surface area contributed by atoms with E-state index in [4.69, 9.17) is 4.74 Å². The molecule has 5 heteroatoms. The summed E-state index contributed by atoms with van der Waals surface area (Å²) in [5.41, 5.74) is 3.98. The van der Waals surface area contributed by atoms with Crippen molar-refractivity contribution in [3.8, 4) is 5.75 Å². The highest BCUT2D eigenvalue weighted by atomic mass is 16.5. The molecule has 0 unspecified atom stereocenters. The topological polar surface area (TPSA) is 53.9 Å². The summed E-state index contributed by atoms with van der Waals surface area (Å²) in [4.78, 5) is 18.3. The van der Waals surface area contributed by atoms with Crippen LogP contribution in [-0.4, -0.2) is 37.5 Å². The number of hydrogen-bond acceptors (Lipinski definition) is 4. The van der Waals surface area contributed by atoms with Gasteiger partial charge in [-0.2, -0.15) is 4.99 Å². The van der Waals surface area contributed by atoms with Crippen LogP contribution in [-0.2, 0) is 4.79 Å². The number of aliphatic imine (C=N–C) groups is 1. The zero-order valence-electron chi connectivity index (χ0n) is 15.7. The Labute approximate surface area is 149 Å². The number of carbonyl (C=O) groups is 1. The van der Waals surface area contributed by atoms with Gasteiger partial charge in [0.25, 0.3) is 5.91 Å². The molecule has 134 valence electrons. The van der Waals surface area contributed by atoms with Gasteiger partial charge in [0.05, 0.1) is 5.69 Å². The number of fused-ring (bicyclic) bond motifs is 3. The zero-order valence-corrected chi connectivity index (χ0v) is 15.7. The van der Waals surface area contributed by atoms with E-state index in [0.29, 0.717) is 18.4 Å². The Morgan fingerprint density at radius 2 is 2.00 bits per heavy atom. The molecule has 0 aliphatic carbocycles. The monoisotopic (exact) mass is 341 g/mol.